The molecule has 6 heteroatoms. The first kappa shape index (κ1) is 69.8. The Hall–Kier alpha value is -3.15. The summed E-state index contributed by atoms with van der Waals surface area (Å²) >= 11 is 0. The number of hydrogen-bond donors (Lipinski definition) is 0. The van der Waals surface area contributed by atoms with Crippen molar-refractivity contribution in [3.8, 4) is 0 Å². The third kappa shape index (κ3) is 59.6. The lowest BCUT2D eigenvalue weighted by Crippen LogP contribution is -2.30. The summed E-state index contributed by atoms with van der Waals surface area (Å²) in [6.45, 7) is 6.59. The number of hydrogen-bond acceptors (Lipinski definition) is 6. The monoisotopic (exact) mass is 1020 g/mol. The van der Waals surface area contributed by atoms with Crippen LogP contribution in [0.1, 0.15) is 316 Å². The maximum absolute atomic E-state index is 12.9. The van der Waals surface area contributed by atoms with Gasteiger partial charge < -0.3 is 14.2 Å². The molecule has 6 nitrogen and oxygen atoms in total. The Labute approximate surface area is 453 Å². The van der Waals surface area contributed by atoms with Crippen LogP contribution in [0.5, 0.6) is 0 Å². The van der Waals surface area contributed by atoms with Gasteiger partial charge in [-0.3, -0.25) is 14.4 Å². The fourth-order valence-electron chi connectivity index (χ4n) is 8.87. The molecule has 0 fully saturated rings. The van der Waals surface area contributed by atoms with E-state index in [1.54, 1.807) is 0 Å². The van der Waals surface area contributed by atoms with Crippen LogP contribution >= 0.6 is 0 Å². The summed E-state index contributed by atoms with van der Waals surface area (Å²) in [5.41, 5.74) is 0. The van der Waals surface area contributed by atoms with Gasteiger partial charge in [-0.25, -0.2) is 0 Å². The molecule has 0 N–H and O–H groups in total. The standard InChI is InChI=1S/C67H118O6/c1-4-7-10-13-16-19-22-25-28-30-31-32-33-34-35-36-37-38-40-42-45-48-51-54-57-60-66(69)72-63-64(62-71-65(68)59-56-53-50-47-44-41-27-24-21-18-15-12-9-6-3)73-67(70)61-58-55-52-49-46-43-39-29-26-23-20-17-14-11-8-5-2/h15,18,22,24-25,27,29-31,33-34,39,64H,4-14,16-17,19-21,23,26,28,32,35-38,40-63H2,1-3H3/b18-15-,25-22-,27-24-,31-30-,34-33-,39-29-. The van der Waals surface area contributed by atoms with Crippen LogP contribution in [0.3, 0.4) is 0 Å². The van der Waals surface area contributed by atoms with E-state index in [1.165, 1.54) is 173 Å². The molecule has 0 amide bonds. The molecule has 0 heterocycles. The first-order valence-corrected chi connectivity index (χ1v) is 31.4. The highest BCUT2D eigenvalue weighted by molar-refractivity contribution is 5.71. The SMILES string of the molecule is CCCC/C=C\C/C=C\CCCCCCCC(=O)OCC(COC(=O)CCCCCCCCCCCC/C=C\C/C=C\C/C=C\CCCCCCC)OC(=O)CCCCCCC/C=C\CCCCCCCCC. The molecule has 1 unspecified atom stereocenters. The highest BCUT2D eigenvalue weighted by atomic mass is 16.6. The third-order valence-electron chi connectivity index (χ3n) is 13.7. The van der Waals surface area contributed by atoms with Crippen LogP contribution in [0, 0.1) is 0 Å². The van der Waals surface area contributed by atoms with Crippen molar-refractivity contribution in [2.24, 2.45) is 0 Å². The lowest BCUT2D eigenvalue weighted by molar-refractivity contribution is -0.167. The molecule has 0 aromatic carbocycles. The molecule has 0 aliphatic carbocycles. The topological polar surface area (TPSA) is 78.9 Å². The van der Waals surface area contributed by atoms with Crippen LogP contribution in [0.2, 0.25) is 0 Å². The fourth-order valence-corrected chi connectivity index (χ4v) is 8.87. The van der Waals surface area contributed by atoms with Crippen molar-refractivity contribution in [3.05, 3.63) is 72.9 Å². The van der Waals surface area contributed by atoms with Crippen molar-refractivity contribution in [3.63, 3.8) is 0 Å². The van der Waals surface area contributed by atoms with Crippen LogP contribution in [0.15, 0.2) is 72.9 Å². The zero-order valence-electron chi connectivity index (χ0n) is 48.4. The Morgan fingerprint density at radius 2 is 0.507 bits per heavy atom. The molecular weight excluding hydrogens is 901 g/mol. The van der Waals surface area contributed by atoms with E-state index in [2.05, 4.69) is 93.7 Å². The maximum atomic E-state index is 12.9. The normalized spacial score (nSPS) is 12.5. The van der Waals surface area contributed by atoms with E-state index in [-0.39, 0.29) is 31.1 Å². The van der Waals surface area contributed by atoms with Crippen molar-refractivity contribution in [1.29, 1.82) is 0 Å². The molecule has 0 saturated carbocycles. The Morgan fingerprint density at radius 3 is 0.822 bits per heavy atom. The van der Waals surface area contributed by atoms with Crippen molar-refractivity contribution >= 4 is 17.9 Å². The second-order valence-corrected chi connectivity index (χ2v) is 21.0. The van der Waals surface area contributed by atoms with E-state index in [4.69, 9.17) is 14.2 Å². The average Bonchev–Trinajstić information content (AvgIpc) is 3.39. The highest BCUT2D eigenvalue weighted by Crippen LogP contribution is 2.16. The summed E-state index contributed by atoms with van der Waals surface area (Å²) in [7, 11) is 0. The van der Waals surface area contributed by atoms with E-state index in [0.717, 1.165) is 103 Å². The van der Waals surface area contributed by atoms with E-state index < -0.39 is 6.10 Å². The summed E-state index contributed by atoms with van der Waals surface area (Å²) < 4.78 is 16.9. The molecule has 0 bridgehead atoms. The van der Waals surface area contributed by atoms with Crippen molar-refractivity contribution < 1.29 is 28.6 Å². The smallest absolute Gasteiger partial charge is 0.306 e. The summed E-state index contributed by atoms with van der Waals surface area (Å²) in [5, 5.41) is 0. The summed E-state index contributed by atoms with van der Waals surface area (Å²) in [5.74, 6) is -0.899. The molecular formula is C67H118O6. The second-order valence-electron chi connectivity index (χ2n) is 21.0. The van der Waals surface area contributed by atoms with Crippen LogP contribution in [-0.4, -0.2) is 37.2 Å². The van der Waals surface area contributed by atoms with Gasteiger partial charge in [-0.15, -0.1) is 0 Å². The van der Waals surface area contributed by atoms with Crippen molar-refractivity contribution in [2.75, 3.05) is 13.2 Å². The third-order valence-corrected chi connectivity index (χ3v) is 13.7. The Bertz CT molecular complexity index is 1360. The van der Waals surface area contributed by atoms with Gasteiger partial charge in [-0.05, 0) is 109 Å². The number of rotatable bonds is 57. The maximum Gasteiger partial charge on any atom is 0.306 e. The van der Waals surface area contributed by atoms with E-state index in [1.807, 2.05) is 0 Å². The van der Waals surface area contributed by atoms with E-state index >= 15 is 0 Å². The van der Waals surface area contributed by atoms with Gasteiger partial charge in [-0.2, -0.15) is 0 Å². The van der Waals surface area contributed by atoms with Crippen LogP contribution in [-0.2, 0) is 28.6 Å². The largest absolute Gasteiger partial charge is 0.462 e. The molecule has 0 aromatic rings. The lowest BCUT2D eigenvalue weighted by atomic mass is 10.1. The summed E-state index contributed by atoms with van der Waals surface area (Å²) in [4.78, 5) is 38.2. The number of carbonyl (C=O) groups is 3. The summed E-state index contributed by atoms with van der Waals surface area (Å²) in [6, 6.07) is 0. The van der Waals surface area contributed by atoms with Gasteiger partial charge in [0.05, 0.1) is 0 Å². The molecule has 0 aromatic heterocycles. The Kier molecular flexibility index (Phi) is 58.7. The van der Waals surface area contributed by atoms with Gasteiger partial charge in [0.1, 0.15) is 13.2 Å². The average molecular weight is 1020 g/mol. The van der Waals surface area contributed by atoms with E-state index in [0.29, 0.717) is 19.3 Å². The van der Waals surface area contributed by atoms with Gasteiger partial charge >= 0.3 is 17.9 Å². The first-order valence-electron chi connectivity index (χ1n) is 31.4. The number of ether oxygens (including phenoxy) is 3. The van der Waals surface area contributed by atoms with Gasteiger partial charge in [0.15, 0.2) is 6.10 Å². The van der Waals surface area contributed by atoms with Gasteiger partial charge in [-0.1, -0.05) is 261 Å². The minimum absolute atomic E-state index is 0.0843. The highest BCUT2D eigenvalue weighted by Gasteiger charge is 2.19. The Morgan fingerprint density at radius 1 is 0.274 bits per heavy atom. The fraction of sp³-hybridized carbons (Fsp3) is 0.776. The minimum Gasteiger partial charge on any atom is -0.462 e. The van der Waals surface area contributed by atoms with Crippen molar-refractivity contribution in [1.82, 2.24) is 0 Å². The van der Waals surface area contributed by atoms with Crippen LogP contribution < -0.4 is 0 Å². The number of unbranched alkanes of at least 4 members (excludes halogenated alkanes) is 34. The predicted octanol–water partition coefficient (Wildman–Crippen LogP) is 21.3. The lowest BCUT2D eigenvalue weighted by Gasteiger charge is -2.18. The molecule has 422 valence electrons. The molecule has 0 rings (SSSR count). The minimum atomic E-state index is -0.788. The van der Waals surface area contributed by atoms with Gasteiger partial charge in [0.2, 0.25) is 0 Å². The van der Waals surface area contributed by atoms with Gasteiger partial charge in [0.25, 0.3) is 0 Å². The molecule has 0 aliphatic rings. The molecule has 0 saturated heterocycles. The first-order chi connectivity index (χ1) is 36.0. The van der Waals surface area contributed by atoms with Crippen molar-refractivity contribution in [2.45, 2.75) is 322 Å². The summed E-state index contributed by atoms with van der Waals surface area (Å²) in [6.07, 6.45) is 79.0. The predicted molar refractivity (Wildman–Crippen MR) is 316 cm³/mol. The zero-order valence-corrected chi connectivity index (χ0v) is 48.4. The van der Waals surface area contributed by atoms with Crippen LogP contribution in [0.4, 0.5) is 0 Å². The number of carbonyl (C=O) groups excluding carboxylic acids is 3. The second kappa shape index (κ2) is 61.4. The molecule has 0 radical (unpaired) electrons. The number of esters is 3. The Balaban J connectivity index is 4.33. The van der Waals surface area contributed by atoms with E-state index in [9.17, 15) is 14.4 Å². The number of allylic oxidation sites excluding steroid dienone is 12. The molecule has 0 aliphatic heterocycles. The van der Waals surface area contributed by atoms with Gasteiger partial charge in [0, 0.05) is 19.3 Å². The molecule has 1 atom stereocenters. The van der Waals surface area contributed by atoms with Crippen LogP contribution in [0.25, 0.3) is 0 Å². The molecule has 73 heavy (non-hydrogen) atoms. The quantitative estimate of drug-likeness (QED) is 0.0261. The zero-order chi connectivity index (χ0) is 52.9. The molecule has 0 spiro atoms.